The maximum absolute atomic E-state index is 12.6. The Bertz CT molecular complexity index is 569. The number of hydrogen-bond donors (Lipinski definition) is 1. The number of amides is 1. The standard InChI is InChI=1S/C19H30N2O4/c1-14-17(15(2)25-20-14)3-4-18(23)21-9-7-19(8-10-21)13-16(5-11-22)6-12-24-19/h16,22H,3-13H2,1-2H3. The zero-order valence-corrected chi connectivity index (χ0v) is 15.4. The van der Waals surface area contributed by atoms with E-state index in [1.165, 1.54) is 0 Å². The lowest BCUT2D eigenvalue weighted by Crippen LogP contribution is -2.50. The summed E-state index contributed by atoms with van der Waals surface area (Å²) in [7, 11) is 0. The van der Waals surface area contributed by atoms with Crippen LogP contribution >= 0.6 is 0 Å². The number of aromatic nitrogens is 1. The Labute approximate surface area is 149 Å². The second-order valence-corrected chi connectivity index (χ2v) is 7.59. The van der Waals surface area contributed by atoms with Gasteiger partial charge in [-0.1, -0.05) is 5.16 Å². The van der Waals surface area contributed by atoms with Crippen molar-refractivity contribution < 1.29 is 19.2 Å². The zero-order chi connectivity index (χ0) is 17.9. The van der Waals surface area contributed by atoms with Crippen LogP contribution in [0.4, 0.5) is 0 Å². The predicted octanol–water partition coefficient (Wildman–Crippen LogP) is 2.39. The lowest BCUT2D eigenvalue weighted by molar-refractivity contribution is -0.147. The van der Waals surface area contributed by atoms with Crippen LogP contribution in [0.2, 0.25) is 0 Å². The highest BCUT2D eigenvalue weighted by Gasteiger charge is 2.40. The van der Waals surface area contributed by atoms with Gasteiger partial charge in [-0.3, -0.25) is 4.79 Å². The van der Waals surface area contributed by atoms with E-state index in [0.29, 0.717) is 18.8 Å². The molecule has 1 unspecified atom stereocenters. The van der Waals surface area contributed by atoms with Crippen molar-refractivity contribution in [3.05, 3.63) is 17.0 Å². The Morgan fingerprint density at radius 2 is 2.12 bits per heavy atom. The van der Waals surface area contributed by atoms with Crippen molar-refractivity contribution in [1.82, 2.24) is 10.1 Å². The van der Waals surface area contributed by atoms with Gasteiger partial charge in [-0.2, -0.15) is 0 Å². The molecule has 1 amide bonds. The smallest absolute Gasteiger partial charge is 0.222 e. The summed E-state index contributed by atoms with van der Waals surface area (Å²) in [5.41, 5.74) is 1.87. The highest BCUT2D eigenvalue weighted by molar-refractivity contribution is 5.76. The molecule has 3 rings (SSSR count). The highest BCUT2D eigenvalue weighted by atomic mass is 16.5. The molecule has 25 heavy (non-hydrogen) atoms. The molecule has 2 saturated heterocycles. The third-order valence-corrected chi connectivity index (χ3v) is 5.93. The largest absolute Gasteiger partial charge is 0.396 e. The van der Waals surface area contributed by atoms with E-state index in [2.05, 4.69) is 5.16 Å². The summed E-state index contributed by atoms with van der Waals surface area (Å²) in [6, 6.07) is 0. The van der Waals surface area contributed by atoms with Crippen molar-refractivity contribution in [2.24, 2.45) is 5.92 Å². The molecule has 1 spiro atoms. The van der Waals surface area contributed by atoms with E-state index in [0.717, 1.165) is 68.8 Å². The molecule has 0 radical (unpaired) electrons. The Morgan fingerprint density at radius 1 is 1.36 bits per heavy atom. The van der Waals surface area contributed by atoms with Gasteiger partial charge in [0.1, 0.15) is 5.76 Å². The summed E-state index contributed by atoms with van der Waals surface area (Å²) >= 11 is 0. The molecule has 2 aliphatic rings. The second-order valence-electron chi connectivity index (χ2n) is 7.59. The normalized spacial score (nSPS) is 23.2. The molecule has 1 aromatic rings. The lowest BCUT2D eigenvalue weighted by Gasteiger charge is -2.46. The van der Waals surface area contributed by atoms with Gasteiger partial charge in [0, 0.05) is 38.3 Å². The van der Waals surface area contributed by atoms with Gasteiger partial charge in [-0.15, -0.1) is 0 Å². The quantitative estimate of drug-likeness (QED) is 0.882. The first-order valence-electron chi connectivity index (χ1n) is 9.47. The van der Waals surface area contributed by atoms with Crippen LogP contribution in [0.1, 0.15) is 55.5 Å². The first kappa shape index (κ1) is 18.4. The number of nitrogens with zero attached hydrogens (tertiary/aromatic N) is 2. The van der Waals surface area contributed by atoms with Crippen molar-refractivity contribution in [3.8, 4) is 0 Å². The number of ether oxygens (including phenoxy) is 1. The monoisotopic (exact) mass is 350 g/mol. The van der Waals surface area contributed by atoms with Gasteiger partial charge in [-0.25, -0.2) is 0 Å². The van der Waals surface area contributed by atoms with Crippen LogP contribution in [0, 0.1) is 19.8 Å². The van der Waals surface area contributed by atoms with Crippen LogP contribution in [0.25, 0.3) is 0 Å². The van der Waals surface area contributed by atoms with Crippen molar-refractivity contribution >= 4 is 5.91 Å². The summed E-state index contributed by atoms with van der Waals surface area (Å²) in [4.78, 5) is 14.5. The summed E-state index contributed by atoms with van der Waals surface area (Å²) in [5.74, 6) is 1.58. The number of likely N-dealkylation sites (tertiary alicyclic amines) is 1. The van der Waals surface area contributed by atoms with E-state index in [1.54, 1.807) is 0 Å². The summed E-state index contributed by atoms with van der Waals surface area (Å²) < 4.78 is 11.3. The Morgan fingerprint density at radius 3 is 2.76 bits per heavy atom. The number of aryl methyl sites for hydroxylation is 2. The summed E-state index contributed by atoms with van der Waals surface area (Å²) in [6.07, 6.45) is 5.95. The van der Waals surface area contributed by atoms with Gasteiger partial charge in [0.05, 0.1) is 11.3 Å². The molecular weight excluding hydrogens is 320 g/mol. The molecule has 6 heteroatoms. The summed E-state index contributed by atoms with van der Waals surface area (Å²) in [5, 5.41) is 13.1. The number of aliphatic hydroxyl groups is 1. The van der Waals surface area contributed by atoms with Crippen molar-refractivity contribution in [2.75, 3.05) is 26.3 Å². The van der Waals surface area contributed by atoms with Crippen LogP contribution in [-0.4, -0.2) is 53.0 Å². The number of piperidine rings is 1. The minimum Gasteiger partial charge on any atom is -0.396 e. The number of hydrogen-bond acceptors (Lipinski definition) is 5. The second kappa shape index (κ2) is 7.87. The number of carbonyl (C=O) groups excluding carboxylic acids is 1. The molecule has 6 nitrogen and oxygen atoms in total. The molecule has 1 N–H and O–H groups in total. The van der Waals surface area contributed by atoms with Gasteiger partial charge in [0.15, 0.2) is 0 Å². The Hall–Kier alpha value is -1.40. The average molecular weight is 350 g/mol. The fourth-order valence-corrected chi connectivity index (χ4v) is 4.32. The lowest BCUT2D eigenvalue weighted by atomic mass is 9.78. The molecule has 1 aromatic heterocycles. The third-order valence-electron chi connectivity index (χ3n) is 5.93. The summed E-state index contributed by atoms with van der Waals surface area (Å²) in [6.45, 7) is 6.40. The number of carbonyl (C=O) groups is 1. The maximum atomic E-state index is 12.6. The molecule has 0 saturated carbocycles. The fraction of sp³-hybridized carbons (Fsp3) is 0.789. The zero-order valence-electron chi connectivity index (χ0n) is 15.4. The first-order chi connectivity index (χ1) is 12.0. The van der Waals surface area contributed by atoms with Crippen LogP contribution < -0.4 is 0 Å². The van der Waals surface area contributed by atoms with Crippen molar-refractivity contribution in [2.45, 2.75) is 64.4 Å². The molecule has 1 atom stereocenters. The predicted molar refractivity (Wildman–Crippen MR) is 93.2 cm³/mol. The van der Waals surface area contributed by atoms with E-state index < -0.39 is 0 Å². The van der Waals surface area contributed by atoms with Crippen LogP contribution in [-0.2, 0) is 16.0 Å². The van der Waals surface area contributed by atoms with E-state index >= 15 is 0 Å². The SMILES string of the molecule is Cc1noc(C)c1CCC(=O)N1CCC2(CC1)CC(CCO)CCO2. The van der Waals surface area contributed by atoms with Crippen LogP contribution in [0.5, 0.6) is 0 Å². The molecule has 3 heterocycles. The molecular formula is C19H30N2O4. The molecule has 2 aliphatic heterocycles. The molecule has 0 bridgehead atoms. The minimum atomic E-state index is -0.0729. The molecule has 2 fully saturated rings. The van der Waals surface area contributed by atoms with Crippen LogP contribution in [0.15, 0.2) is 4.52 Å². The Kier molecular flexibility index (Phi) is 5.79. The van der Waals surface area contributed by atoms with Crippen LogP contribution in [0.3, 0.4) is 0 Å². The van der Waals surface area contributed by atoms with Crippen molar-refractivity contribution in [1.29, 1.82) is 0 Å². The van der Waals surface area contributed by atoms with Gasteiger partial charge in [0.25, 0.3) is 0 Å². The van der Waals surface area contributed by atoms with Gasteiger partial charge >= 0.3 is 0 Å². The Balaban J connectivity index is 1.49. The molecule has 0 aliphatic carbocycles. The van der Waals surface area contributed by atoms with Gasteiger partial charge < -0.3 is 19.3 Å². The topological polar surface area (TPSA) is 75.8 Å². The maximum Gasteiger partial charge on any atom is 0.222 e. The highest BCUT2D eigenvalue weighted by Crippen LogP contribution is 2.38. The van der Waals surface area contributed by atoms with E-state index in [9.17, 15) is 9.90 Å². The fourth-order valence-electron chi connectivity index (χ4n) is 4.32. The molecule has 0 aromatic carbocycles. The number of rotatable bonds is 5. The number of aliphatic hydroxyl groups excluding tert-OH is 1. The van der Waals surface area contributed by atoms with E-state index in [-0.39, 0.29) is 18.1 Å². The van der Waals surface area contributed by atoms with Gasteiger partial charge in [0.2, 0.25) is 5.91 Å². The van der Waals surface area contributed by atoms with E-state index in [1.807, 2.05) is 18.7 Å². The van der Waals surface area contributed by atoms with E-state index in [4.69, 9.17) is 9.26 Å². The first-order valence-corrected chi connectivity index (χ1v) is 9.47. The van der Waals surface area contributed by atoms with Gasteiger partial charge in [-0.05, 0) is 58.3 Å². The minimum absolute atomic E-state index is 0.0729. The average Bonchev–Trinajstić information content (AvgIpc) is 2.92. The third kappa shape index (κ3) is 4.23. The molecule has 140 valence electrons. The van der Waals surface area contributed by atoms with Crippen molar-refractivity contribution in [3.63, 3.8) is 0 Å².